The molecule has 6 N–H and O–H groups in total. The molecule has 0 fully saturated rings. The summed E-state index contributed by atoms with van der Waals surface area (Å²) < 4.78 is 0. The maximum Gasteiger partial charge on any atom is 0.328 e. The summed E-state index contributed by atoms with van der Waals surface area (Å²) in [5.41, 5.74) is 0.519. The number of carboxylic acid groups (broad SMARTS) is 2. The van der Waals surface area contributed by atoms with Gasteiger partial charge in [-0.1, -0.05) is 26.2 Å². The smallest absolute Gasteiger partial charge is 0.328 e. The van der Waals surface area contributed by atoms with E-state index in [1.807, 2.05) is 0 Å². The molecule has 0 aromatic heterocycles. The molecule has 8 heteroatoms. The number of phenols is 2. The first-order valence-corrected chi connectivity index (χ1v) is 8.74. The van der Waals surface area contributed by atoms with Crippen molar-refractivity contribution in [2.75, 3.05) is 6.54 Å². The molecule has 8 nitrogen and oxygen atoms in total. The highest BCUT2D eigenvalue weighted by molar-refractivity contribution is 5.89. The molecular formula is C19H29NO7. The fourth-order valence-corrected chi connectivity index (χ4v) is 2.19. The number of hydrogen-bond donors (Lipinski definition) is 6. The fourth-order valence-electron chi connectivity index (χ4n) is 2.19. The van der Waals surface area contributed by atoms with Gasteiger partial charge in [0.2, 0.25) is 0 Å². The van der Waals surface area contributed by atoms with E-state index in [4.69, 9.17) is 10.2 Å². The summed E-state index contributed by atoms with van der Waals surface area (Å²) >= 11 is 0. The minimum atomic E-state index is -1.26. The lowest BCUT2D eigenvalue weighted by atomic mass is 10.1. The Morgan fingerprint density at radius 2 is 1.56 bits per heavy atom. The lowest BCUT2D eigenvalue weighted by Gasteiger charge is -2.17. The predicted molar refractivity (Wildman–Crippen MR) is 101 cm³/mol. The van der Waals surface area contributed by atoms with Crippen molar-refractivity contribution in [2.24, 2.45) is 0 Å². The Balaban J connectivity index is 0.000000713. The molecule has 152 valence electrons. The van der Waals surface area contributed by atoms with Gasteiger partial charge in [0.1, 0.15) is 11.5 Å². The molecular weight excluding hydrogens is 354 g/mol. The molecule has 0 amide bonds. The maximum absolute atomic E-state index is 10.0. The highest BCUT2D eigenvalue weighted by Crippen LogP contribution is 2.24. The Morgan fingerprint density at radius 3 is 2.00 bits per heavy atom. The van der Waals surface area contributed by atoms with E-state index in [0.717, 1.165) is 6.42 Å². The second-order valence-electron chi connectivity index (χ2n) is 6.11. The molecule has 1 aromatic rings. The minimum Gasteiger partial charge on any atom is -0.508 e. The standard InChI is InChI=1S/C15H25NO3.C4H4O4/c1-3-4-5-6-11(2)16-10-15(19)12-7-13(17)9-14(18)8-12;5-3(6)1-2-4(7)8/h7-9,11,15-19H,3-6,10H2,1-2H3;1-2H,(H,5,6)(H,7,8)/b;2-1+. The Hall–Kier alpha value is -2.58. The van der Waals surface area contributed by atoms with Crippen LogP contribution in [0.25, 0.3) is 0 Å². The number of hydrogen-bond acceptors (Lipinski definition) is 6. The molecule has 2 unspecified atom stereocenters. The van der Waals surface area contributed by atoms with Crippen molar-refractivity contribution in [3.63, 3.8) is 0 Å². The monoisotopic (exact) mass is 383 g/mol. The molecule has 2 atom stereocenters. The van der Waals surface area contributed by atoms with Gasteiger partial charge in [0.15, 0.2) is 0 Å². The number of aliphatic hydroxyl groups excluding tert-OH is 1. The summed E-state index contributed by atoms with van der Waals surface area (Å²) in [7, 11) is 0. The van der Waals surface area contributed by atoms with E-state index < -0.39 is 18.0 Å². The van der Waals surface area contributed by atoms with Gasteiger partial charge < -0.3 is 30.8 Å². The van der Waals surface area contributed by atoms with E-state index in [1.165, 1.54) is 37.5 Å². The molecule has 1 rings (SSSR count). The van der Waals surface area contributed by atoms with Crippen molar-refractivity contribution in [2.45, 2.75) is 51.7 Å². The van der Waals surface area contributed by atoms with Gasteiger partial charge in [-0.2, -0.15) is 0 Å². The number of nitrogens with one attached hydrogen (secondary N) is 1. The fraction of sp³-hybridized carbons (Fsp3) is 0.474. The van der Waals surface area contributed by atoms with Gasteiger partial charge in [-0.05, 0) is 31.0 Å². The third-order valence-electron chi connectivity index (χ3n) is 3.58. The second-order valence-corrected chi connectivity index (χ2v) is 6.11. The van der Waals surface area contributed by atoms with Crippen LogP contribution in [0.4, 0.5) is 0 Å². The molecule has 0 aliphatic heterocycles. The topological polar surface area (TPSA) is 147 Å². The average Bonchev–Trinajstić information content (AvgIpc) is 2.58. The Bertz CT molecular complexity index is 580. The second kappa shape index (κ2) is 13.6. The molecule has 27 heavy (non-hydrogen) atoms. The van der Waals surface area contributed by atoms with E-state index in [1.54, 1.807) is 0 Å². The van der Waals surface area contributed by atoms with Crippen molar-refractivity contribution in [1.29, 1.82) is 0 Å². The average molecular weight is 383 g/mol. The number of rotatable bonds is 10. The number of aliphatic hydroxyl groups is 1. The van der Waals surface area contributed by atoms with Crippen LogP contribution >= 0.6 is 0 Å². The zero-order valence-corrected chi connectivity index (χ0v) is 15.6. The van der Waals surface area contributed by atoms with Gasteiger partial charge in [0.25, 0.3) is 0 Å². The number of carboxylic acids is 2. The van der Waals surface area contributed by atoms with E-state index >= 15 is 0 Å². The number of carbonyl (C=O) groups is 2. The number of phenolic OH excluding ortho intramolecular Hbond substituents is 2. The van der Waals surface area contributed by atoms with Gasteiger partial charge >= 0.3 is 11.9 Å². The highest BCUT2D eigenvalue weighted by Gasteiger charge is 2.11. The first-order valence-electron chi connectivity index (χ1n) is 8.74. The molecule has 0 spiro atoms. The lowest BCUT2D eigenvalue weighted by molar-refractivity contribution is -0.134. The number of unbranched alkanes of at least 4 members (excludes halogenated alkanes) is 2. The predicted octanol–water partition coefficient (Wildman–Crippen LogP) is 2.40. The van der Waals surface area contributed by atoms with Gasteiger partial charge in [-0.3, -0.25) is 0 Å². The molecule has 0 aliphatic carbocycles. The van der Waals surface area contributed by atoms with Crippen molar-refractivity contribution in [3.05, 3.63) is 35.9 Å². The number of benzene rings is 1. The van der Waals surface area contributed by atoms with Crippen LogP contribution in [0.1, 0.15) is 51.2 Å². The first-order chi connectivity index (χ1) is 12.6. The molecule has 0 aliphatic rings. The van der Waals surface area contributed by atoms with Crippen LogP contribution < -0.4 is 5.32 Å². The third kappa shape index (κ3) is 13.3. The van der Waals surface area contributed by atoms with E-state index in [2.05, 4.69) is 19.2 Å². The van der Waals surface area contributed by atoms with Gasteiger partial charge in [-0.15, -0.1) is 0 Å². The summed E-state index contributed by atoms with van der Waals surface area (Å²) in [6.07, 6.45) is 5.10. The zero-order chi connectivity index (χ0) is 20.8. The van der Waals surface area contributed by atoms with Crippen LogP contribution in [0.15, 0.2) is 30.4 Å². The van der Waals surface area contributed by atoms with Gasteiger partial charge in [0, 0.05) is 30.8 Å². The van der Waals surface area contributed by atoms with Crippen molar-refractivity contribution < 1.29 is 35.1 Å². The molecule has 0 bridgehead atoms. The molecule has 0 saturated heterocycles. The molecule has 0 radical (unpaired) electrons. The van der Waals surface area contributed by atoms with Crippen LogP contribution in [-0.2, 0) is 9.59 Å². The first kappa shape index (κ1) is 24.4. The third-order valence-corrected chi connectivity index (χ3v) is 3.58. The summed E-state index contributed by atoms with van der Waals surface area (Å²) in [5, 5.41) is 47.6. The molecule has 0 saturated carbocycles. The lowest BCUT2D eigenvalue weighted by Crippen LogP contribution is -2.30. The SMILES string of the molecule is CCCCCC(C)NCC(O)c1cc(O)cc(O)c1.O=C(O)/C=C/C(=O)O. The summed E-state index contributed by atoms with van der Waals surface area (Å²) in [5.74, 6) is -2.59. The molecule has 1 aromatic carbocycles. The number of aromatic hydroxyl groups is 2. The van der Waals surface area contributed by atoms with E-state index in [-0.39, 0.29) is 11.5 Å². The maximum atomic E-state index is 10.0. The Morgan fingerprint density at radius 1 is 1.04 bits per heavy atom. The summed E-state index contributed by atoms with van der Waals surface area (Å²) in [4.78, 5) is 19.1. The summed E-state index contributed by atoms with van der Waals surface area (Å²) in [6, 6.07) is 4.53. The van der Waals surface area contributed by atoms with Crippen LogP contribution in [0.2, 0.25) is 0 Å². The zero-order valence-electron chi connectivity index (χ0n) is 15.6. The van der Waals surface area contributed by atoms with E-state index in [9.17, 15) is 24.9 Å². The summed E-state index contributed by atoms with van der Waals surface area (Å²) in [6.45, 7) is 4.69. The van der Waals surface area contributed by atoms with Crippen molar-refractivity contribution in [1.82, 2.24) is 5.32 Å². The quantitative estimate of drug-likeness (QED) is 0.267. The largest absolute Gasteiger partial charge is 0.508 e. The minimum absolute atomic E-state index is 0.0370. The Kier molecular flexibility index (Phi) is 12.3. The number of aliphatic carboxylic acids is 2. The van der Waals surface area contributed by atoms with Crippen LogP contribution in [0.3, 0.4) is 0 Å². The van der Waals surface area contributed by atoms with Crippen LogP contribution in [0, 0.1) is 0 Å². The van der Waals surface area contributed by atoms with Crippen molar-refractivity contribution in [3.8, 4) is 11.5 Å². The van der Waals surface area contributed by atoms with Gasteiger partial charge in [0.05, 0.1) is 6.10 Å². The molecule has 0 heterocycles. The van der Waals surface area contributed by atoms with Crippen molar-refractivity contribution >= 4 is 11.9 Å². The van der Waals surface area contributed by atoms with E-state index in [0.29, 0.717) is 30.3 Å². The Labute approximate surface area is 158 Å². The van der Waals surface area contributed by atoms with Crippen LogP contribution in [-0.4, -0.2) is 50.1 Å². The van der Waals surface area contributed by atoms with Crippen LogP contribution in [0.5, 0.6) is 11.5 Å². The highest BCUT2D eigenvalue weighted by atomic mass is 16.4. The van der Waals surface area contributed by atoms with Gasteiger partial charge in [-0.25, -0.2) is 9.59 Å². The normalized spacial score (nSPS) is 12.9.